The van der Waals surface area contributed by atoms with Gasteiger partial charge in [-0.15, -0.1) is 0 Å². The Labute approximate surface area is 215 Å². The molecule has 0 atom stereocenters. The number of hydrogen-bond acceptors (Lipinski definition) is 5. The van der Waals surface area contributed by atoms with Crippen LogP contribution in [-0.4, -0.2) is 58.3 Å². The van der Waals surface area contributed by atoms with E-state index in [0.29, 0.717) is 13.0 Å². The van der Waals surface area contributed by atoms with E-state index in [2.05, 4.69) is 18.7 Å². The topological polar surface area (TPSA) is 110 Å². The number of hydrogen-bond donors (Lipinski definition) is 1. The lowest BCUT2D eigenvalue weighted by atomic mass is 9.62. The lowest BCUT2D eigenvalue weighted by Gasteiger charge is -2.53. The SMILES string of the molecule is CCN(CC)CCCN(C(=O)c1ccccc1[N+](=O)[O-])C(C(N)=O)(C1CCCCC1)C1CCCCC1. The van der Waals surface area contributed by atoms with Crippen LogP contribution in [0.3, 0.4) is 0 Å². The van der Waals surface area contributed by atoms with Crippen molar-refractivity contribution in [2.24, 2.45) is 17.6 Å². The summed E-state index contributed by atoms with van der Waals surface area (Å²) in [5.74, 6) is -0.910. The fourth-order valence-corrected chi connectivity index (χ4v) is 6.80. The number of amides is 2. The second kappa shape index (κ2) is 13.2. The minimum atomic E-state index is -1.12. The van der Waals surface area contributed by atoms with Crippen LogP contribution in [0, 0.1) is 22.0 Å². The Bertz CT molecular complexity index is 871. The number of primary amides is 1. The molecule has 1 aromatic carbocycles. The van der Waals surface area contributed by atoms with Gasteiger partial charge in [0, 0.05) is 12.6 Å². The predicted octanol–water partition coefficient (Wildman–Crippen LogP) is 5.15. The van der Waals surface area contributed by atoms with Gasteiger partial charge in [-0.3, -0.25) is 19.7 Å². The molecular formula is C28H44N4O4. The second-order valence-electron chi connectivity index (χ2n) is 10.5. The smallest absolute Gasteiger partial charge is 0.282 e. The van der Waals surface area contributed by atoms with Crippen molar-refractivity contribution in [1.29, 1.82) is 0 Å². The lowest BCUT2D eigenvalue weighted by molar-refractivity contribution is -0.385. The molecule has 36 heavy (non-hydrogen) atoms. The van der Waals surface area contributed by atoms with E-state index in [9.17, 15) is 19.7 Å². The number of nitrogens with zero attached hydrogens (tertiary/aromatic N) is 3. The van der Waals surface area contributed by atoms with Gasteiger partial charge in [-0.05, 0) is 69.6 Å². The van der Waals surface area contributed by atoms with Crippen molar-refractivity contribution in [2.45, 2.75) is 90.0 Å². The zero-order chi connectivity index (χ0) is 26.1. The van der Waals surface area contributed by atoms with Crippen LogP contribution in [0.25, 0.3) is 0 Å². The minimum Gasteiger partial charge on any atom is -0.368 e. The maximum atomic E-state index is 14.3. The van der Waals surface area contributed by atoms with E-state index in [-0.39, 0.29) is 23.1 Å². The van der Waals surface area contributed by atoms with Crippen LogP contribution in [0.4, 0.5) is 5.69 Å². The summed E-state index contributed by atoms with van der Waals surface area (Å²) in [5, 5.41) is 11.9. The number of rotatable bonds is 12. The molecule has 2 aliphatic carbocycles. The van der Waals surface area contributed by atoms with Gasteiger partial charge < -0.3 is 15.5 Å². The summed E-state index contributed by atoms with van der Waals surface area (Å²) >= 11 is 0. The maximum absolute atomic E-state index is 14.3. The summed E-state index contributed by atoms with van der Waals surface area (Å²) in [7, 11) is 0. The largest absolute Gasteiger partial charge is 0.368 e. The minimum absolute atomic E-state index is 0.0213. The van der Waals surface area contributed by atoms with Crippen molar-refractivity contribution in [3.8, 4) is 0 Å². The Morgan fingerprint density at radius 1 is 0.944 bits per heavy atom. The molecule has 2 amide bonds. The van der Waals surface area contributed by atoms with Gasteiger partial charge in [0.25, 0.3) is 11.6 Å². The molecule has 1 aromatic rings. The zero-order valence-corrected chi connectivity index (χ0v) is 22.1. The Morgan fingerprint density at radius 2 is 1.47 bits per heavy atom. The van der Waals surface area contributed by atoms with Crippen molar-refractivity contribution < 1.29 is 14.5 Å². The molecule has 8 nitrogen and oxygen atoms in total. The Hall–Kier alpha value is -2.48. The summed E-state index contributed by atoms with van der Waals surface area (Å²) in [4.78, 5) is 43.4. The van der Waals surface area contributed by atoms with E-state index in [4.69, 9.17) is 5.73 Å². The fraction of sp³-hybridized carbons (Fsp3) is 0.714. The van der Waals surface area contributed by atoms with Crippen LogP contribution in [0.15, 0.2) is 24.3 Å². The van der Waals surface area contributed by atoms with Gasteiger partial charge >= 0.3 is 0 Å². The normalized spacial score (nSPS) is 17.8. The van der Waals surface area contributed by atoms with Crippen LogP contribution in [-0.2, 0) is 4.79 Å². The van der Waals surface area contributed by atoms with E-state index >= 15 is 0 Å². The van der Waals surface area contributed by atoms with Crippen molar-refractivity contribution >= 4 is 17.5 Å². The lowest BCUT2D eigenvalue weighted by Crippen LogP contribution is -2.68. The summed E-state index contributed by atoms with van der Waals surface area (Å²) in [5.41, 5.74) is 5.06. The standard InChI is InChI=1S/C28H44N4O4/c1-3-30(4-2)20-13-21-31(26(33)24-18-11-12-19-25(24)32(35)36)28(27(29)34,22-14-7-5-8-15-22)23-16-9-6-10-17-23/h11-12,18-19,22-23H,3-10,13-17,20-21H2,1-2H3,(H2,29,34). The molecule has 3 rings (SSSR count). The number of nitro groups is 1. The van der Waals surface area contributed by atoms with Gasteiger partial charge in [0.2, 0.25) is 5.91 Å². The molecule has 2 fully saturated rings. The van der Waals surface area contributed by atoms with E-state index in [1.54, 1.807) is 17.0 Å². The highest BCUT2D eigenvalue weighted by atomic mass is 16.6. The number of para-hydroxylation sites is 1. The molecule has 8 heteroatoms. The van der Waals surface area contributed by atoms with Crippen LogP contribution in [0.2, 0.25) is 0 Å². The molecule has 0 aliphatic heterocycles. The van der Waals surface area contributed by atoms with Crippen LogP contribution < -0.4 is 5.73 Å². The molecule has 0 saturated heterocycles. The molecule has 0 radical (unpaired) electrons. The molecule has 0 aromatic heterocycles. The first-order valence-corrected chi connectivity index (χ1v) is 13.9. The highest BCUT2D eigenvalue weighted by Crippen LogP contribution is 2.47. The van der Waals surface area contributed by atoms with Crippen LogP contribution in [0.1, 0.15) is 94.8 Å². The summed E-state index contributed by atoms with van der Waals surface area (Å²) in [6.45, 7) is 7.17. The molecule has 0 bridgehead atoms. The van der Waals surface area contributed by atoms with Crippen molar-refractivity contribution in [1.82, 2.24) is 9.80 Å². The van der Waals surface area contributed by atoms with E-state index in [1.807, 2.05) is 0 Å². The molecule has 200 valence electrons. The Morgan fingerprint density at radius 3 is 1.94 bits per heavy atom. The zero-order valence-electron chi connectivity index (χ0n) is 22.1. The summed E-state index contributed by atoms with van der Waals surface area (Å²) in [6, 6.07) is 6.12. The molecule has 2 N–H and O–H groups in total. The Balaban J connectivity index is 2.13. The fourth-order valence-electron chi connectivity index (χ4n) is 6.80. The highest BCUT2D eigenvalue weighted by Gasteiger charge is 2.56. The van der Waals surface area contributed by atoms with E-state index in [1.165, 1.54) is 12.1 Å². The molecule has 0 unspecified atom stereocenters. The first-order valence-electron chi connectivity index (χ1n) is 13.9. The first-order chi connectivity index (χ1) is 17.4. The summed E-state index contributed by atoms with van der Waals surface area (Å²) in [6.07, 6.45) is 10.4. The van der Waals surface area contributed by atoms with Crippen molar-refractivity contribution in [2.75, 3.05) is 26.2 Å². The molecule has 0 heterocycles. The van der Waals surface area contributed by atoms with Gasteiger partial charge in [-0.25, -0.2) is 0 Å². The number of nitrogens with two attached hydrogens (primary N) is 1. The molecular weight excluding hydrogens is 456 g/mol. The van der Waals surface area contributed by atoms with Gasteiger partial charge in [-0.2, -0.15) is 0 Å². The monoisotopic (exact) mass is 500 g/mol. The average molecular weight is 501 g/mol. The molecule has 2 saturated carbocycles. The third kappa shape index (κ3) is 5.90. The molecule has 2 aliphatic rings. The second-order valence-corrected chi connectivity index (χ2v) is 10.5. The van der Waals surface area contributed by atoms with Crippen molar-refractivity contribution in [3.05, 3.63) is 39.9 Å². The average Bonchev–Trinajstić information content (AvgIpc) is 2.91. The van der Waals surface area contributed by atoms with Gasteiger partial charge in [0.1, 0.15) is 11.1 Å². The predicted molar refractivity (Wildman–Crippen MR) is 142 cm³/mol. The van der Waals surface area contributed by atoms with E-state index < -0.39 is 22.3 Å². The van der Waals surface area contributed by atoms with E-state index in [0.717, 1.165) is 83.8 Å². The number of carbonyl (C=O) groups is 2. The third-order valence-electron chi connectivity index (χ3n) is 8.62. The highest BCUT2D eigenvalue weighted by molar-refractivity contribution is 6.02. The Kier molecular flexibility index (Phi) is 10.3. The van der Waals surface area contributed by atoms with Gasteiger partial charge in [0.05, 0.1) is 4.92 Å². The number of nitro benzene ring substituents is 1. The first kappa shape index (κ1) is 28.1. The number of benzene rings is 1. The summed E-state index contributed by atoms with van der Waals surface area (Å²) < 4.78 is 0. The maximum Gasteiger partial charge on any atom is 0.282 e. The van der Waals surface area contributed by atoms with Gasteiger partial charge in [-0.1, -0.05) is 64.5 Å². The van der Waals surface area contributed by atoms with Crippen LogP contribution in [0.5, 0.6) is 0 Å². The molecule has 0 spiro atoms. The third-order valence-corrected chi connectivity index (χ3v) is 8.62. The quantitative estimate of drug-likeness (QED) is 0.315. The van der Waals surface area contributed by atoms with Crippen molar-refractivity contribution in [3.63, 3.8) is 0 Å². The van der Waals surface area contributed by atoms with Crippen LogP contribution >= 0.6 is 0 Å². The number of carbonyl (C=O) groups excluding carboxylic acids is 2. The van der Waals surface area contributed by atoms with Gasteiger partial charge in [0.15, 0.2) is 0 Å².